The lowest BCUT2D eigenvalue weighted by atomic mass is 10.0. The van der Waals surface area contributed by atoms with Gasteiger partial charge in [-0.2, -0.15) is 0 Å². The fourth-order valence-electron chi connectivity index (χ4n) is 3.85. The molecule has 0 spiro atoms. The van der Waals surface area contributed by atoms with E-state index in [0.29, 0.717) is 5.65 Å². The van der Waals surface area contributed by atoms with Crippen LogP contribution in [-0.2, 0) is 6.42 Å². The zero-order chi connectivity index (χ0) is 21.5. The molecule has 160 valence electrons. The first-order valence-electron chi connectivity index (χ1n) is 11.4. The quantitative estimate of drug-likeness (QED) is 0.417. The van der Waals surface area contributed by atoms with Gasteiger partial charge in [-0.05, 0) is 55.4 Å². The number of hydrogen-bond donors (Lipinski definition) is 0. The van der Waals surface area contributed by atoms with Crippen LogP contribution < -0.4 is 10.5 Å². The van der Waals surface area contributed by atoms with Crippen LogP contribution in [0.15, 0.2) is 53.5 Å². The second-order valence-corrected chi connectivity index (χ2v) is 8.29. The van der Waals surface area contributed by atoms with Gasteiger partial charge >= 0.3 is 0 Å². The fraction of sp³-hybridized carbons (Fsp3) is 0.462. The minimum absolute atomic E-state index is 0.0326. The number of nitrogens with zero attached hydrogens (tertiary/aromatic N) is 3. The Hall–Kier alpha value is -2.62. The van der Waals surface area contributed by atoms with E-state index in [4.69, 9.17) is 4.98 Å². The summed E-state index contributed by atoms with van der Waals surface area (Å²) in [4.78, 5) is 20.1. The van der Waals surface area contributed by atoms with Crippen LogP contribution in [0.2, 0.25) is 0 Å². The molecule has 0 N–H and O–H groups in total. The van der Waals surface area contributed by atoms with Gasteiger partial charge in [-0.25, -0.2) is 4.98 Å². The first-order chi connectivity index (χ1) is 14.5. The fourth-order valence-corrected chi connectivity index (χ4v) is 3.85. The predicted molar refractivity (Wildman–Crippen MR) is 127 cm³/mol. The highest BCUT2D eigenvalue weighted by molar-refractivity contribution is 5.63. The third-order valence-electron chi connectivity index (χ3n) is 5.96. The van der Waals surface area contributed by atoms with Crippen LogP contribution in [0.3, 0.4) is 0 Å². The van der Waals surface area contributed by atoms with Crippen molar-refractivity contribution >= 4 is 11.3 Å². The summed E-state index contributed by atoms with van der Waals surface area (Å²) < 4.78 is 1.68. The highest BCUT2D eigenvalue weighted by atomic mass is 16.1. The molecule has 3 aromatic rings. The summed E-state index contributed by atoms with van der Waals surface area (Å²) in [7, 11) is 0. The first kappa shape index (κ1) is 22.1. The maximum absolute atomic E-state index is 12.9. The van der Waals surface area contributed by atoms with Gasteiger partial charge < -0.3 is 4.90 Å². The Morgan fingerprint density at radius 3 is 2.63 bits per heavy atom. The van der Waals surface area contributed by atoms with Gasteiger partial charge in [-0.15, -0.1) is 0 Å². The molecule has 0 aliphatic carbocycles. The molecule has 0 aliphatic heterocycles. The molecule has 1 aromatic carbocycles. The van der Waals surface area contributed by atoms with E-state index >= 15 is 0 Å². The van der Waals surface area contributed by atoms with Gasteiger partial charge in [-0.1, -0.05) is 52.3 Å². The van der Waals surface area contributed by atoms with Crippen molar-refractivity contribution < 1.29 is 0 Å². The molecule has 0 radical (unpaired) electrons. The van der Waals surface area contributed by atoms with Crippen LogP contribution in [-0.4, -0.2) is 22.5 Å². The Morgan fingerprint density at radius 2 is 1.90 bits per heavy atom. The molecule has 30 heavy (non-hydrogen) atoms. The zero-order valence-corrected chi connectivity index (χ0v) is 18.9. The van der Waals surface area contributed by atoms with Gasteiger partial charge in [0.2, 0.25) is 0 Å². The Morgan fingerprint density at radius 1 is 1.07 bits per heavy atom. The molecule has 0 aliphatic rings. The van der Waals surface area contributed by atoms with E-state index in [1.807, 2.05) is 24.4 Å². The maximum Gasteiger partial charge on any atom is 0.258 e. The van der Waals surface area contributed by atoms with E-state index in [1.165, 1.54) is 24.8 Å². The minimum Gasteiger partial charge on any atom is -0.370 e. The van der Waals surface area contributed by atoms with Crippen molar-refractivity contribution in [3.05, 3.63) is 64.6 Å². The third kappa shape index (κ3) is 5.29. The summed E-state index contributed by atoms with van der Waals surface area (Å²) in [6.07, 6.45) is 7.65. The van der Waals surface area contributed by atoms with Gasteiger partial charge in [0.1, 0.15) is 5.65 Å². The average Bonchev–Trinajstić information content (AvgIpc) is 2.78. The Balaban J connectivity index is 1.89. The lowest BCUT2D eigenvalue weighted by Crippen LogP contribution is -2.26. The van der Waals surface area contributed by atoms with Gasteiger partial charge in [0.25, 0.3) is 5.56 Å². The number of aromatic nitrogens is 2. The van der Waals surface area contributed by atoms with Gasteiger partial charge in [0, 0.05) is 30.9 Å². The molecular formula is C26H35N3O. The summed E-state index contributed by atoms with van der Waals surface area (Å²) in [5.41, 5.74) is 4.74. The van der Waals surface area contributed by atoms with E-state index in [0.717, 1.165) is 48.8 Å². The van der Waals surface area contributed by atoms with Crippen LogP contribution in [0.25, 0.3) is 16.9 Å². The lowest BCUT2D eigenvalue weighted by Gasteiger charge is -2.25. The van der Waals surface area contributed by atoms with Crippen molar-refractivity contribution in [3.8, 4) is 11.3 Å². The smallest absolute Gasteiger partial charge is 0.258 e. The summed E-state index contributed by atoms with van der Waals surface area (Å²) in [6, 6.07) is 14.0. The van der Waals surface area contributed by atoms with Crippen LogP contribution >= 0.6 is 0 Å². The standard InChI is InChI=1S/C26H35N3O/c1-5-15-28(16-9-10-20(4)6-2)23-13-14-25-27-24(18-26(30)29(25)19-23)22-12-8-11-21(7-3)17-22/h8,11-14,17-20H,5-7,9-10,15-16H2,1-4H3. The molecule has 0 bridgehead atoms. The summed E-state index contributed by atoms with van der Waals surface area (Å²) >= 11 is 0. The van der Waals surface area contributed by atoms with Crippen molar-refractivity contribution in [1.82, 2.24) is 9.38 Å². The summed E-state index contributed by atoms with van der Waals surface area (Å²) in [5.74, 6) is 0.765. The minimum atomic E-state index is -0.0326. The van der Waals surface area contributed by atoms with E-state index in [-0.39, 0.29) is 5.56 Å². The number of pyridine rings is 1. The Kier molecular flexibility index (Phi) is 7.67. The molecule has 2 heterocycles. The van der Waals surface area contributed by atoms with Crippen molar-refractivity contribution in [2.45, 2.75) is 59.8 Å². The SMILES string of the molecule is CCCN(CCCC(C)CC)c1ccc2nc(-c3cccc(CC)c3)cc(=O)n2c1. The highest BCUT2D eigenvalue weighted by Crippen LogP contribution is 2.21. The lowest BCUT2D eigenvalue weighted by molar-refractivity contribution is 0.493. The number of anilines is 1. The molecule has 0 amide bonds. The number of aryl methyl sites for hydroxylation is 1. The molecular weight excluding hydrogens is 370 g/mol. The normalized spacial score (nSPS) is 12.3. The van der Waals surface area contributed by atoms with E-state index in [2.05, 4.69) is 50.8 Å². The molecule has 4 nitrogen and oxygen atoms in total. The summed E-state index contributed by atoms with van der Waals surface area (Å²) in [5, 5.41) is 0. The molecule has 1 atom stereocenters. The Bertz CT molecular complexity index is 1020. The van der Waals surface area contributed by atoms with Crippen LogP contribution in [0, 0.1) is 5.92 Å². The van der Waals surface area contributed by atoms with Gasteiger partial charge in [-0.3, -0.25) is 9.20 Å². The van der Waals surface area contributed by atoms with E-state index in [1.54, 1.807) is 10.5 Å². The topological polar surface area (TPSA) is 37.6 Å². The number of benzene rings is 1. The van der Waals surface area contributed by atoms with Crippen LogP contribution in [0.4, 0.5) is 5.69 Å². The molecule has 3 rings (SSSR count). The number of fused-ring (bicyclic) bond motifs is 1. The van der Waals surface area contributed by atoms with Gasteiger partial charge in [0.15, 0.2) is 0 Å². The summed E-state index contributed by atoms with van der Waals surface area (Å²) in [6.45, 7) is 10.9. The van der Waals surface area contributed by atoms with Gasteiger partial charge in [0.05, 0.1) is 11.4 Å². The van der Waals surface area contributed by atoms with Crippen molar-refractivity contribution in [2.24, 2.45) is 5.92 Å². The number of rotatable bonds is 10. The average molecular weight is 406 g/mol. The predicted octanol–water partition coefficient (Wildman–Crippen LogP) is 5.97. The Labute approximate surface area is 180 Å². The second-order valence-electron chi connectivity index (χ2n) is 8.29. The van der Waals surface area contributed by atoms with Crippen molar-refractivity contribution in [1.29, 1.82) is 0 Å². The zero-order valence-electron chi connectivity index (χ0n) is 18.9. The molecule has 4 heteroatoms. The third-order valence-corrected chi connectivity index (χ3v) is 5.96. The first-order valence-corrected chi connectivity index (χ1v) is 11.4. The van der Waals surface area contributed by atoms with Crippen LogP contribution in [0.1, 0.15) is 58.9 Å². The molecule has 0 saturated heterocycles. The monoisotopic (exact) mass is 405 g/mol. The van der Waals surface area contributed by atoms with Crippen molar-refractivity contribution in [3.63, 3.8) is 0 Å². The van der Waals surface area contributed by atoms with E-state index in [9.17, 15) is 4.79 Å². The maximum atomic E-state index is 12.9. The second kappa shape index (κ2) is 10.4. The van der Waals surface area contributed by atoms with Crippen LogP contribution in [0.5, 0.6) is 0 Å². The molecule has 0 saturated carbocycles. The highest BCUT2D eigenvalue weighted by Gasteiger charge is 2.10. The molecule has 1 unspecified atom stereocenters. The van der Waals surface area contributed by atoms with E-state index < -0.39 is 0 Å². The largest absolute Gasteiger partial charge is 0.370 e. The molecule has 2 aromatic heterocycles. The number of hydrogen-bond acceptors (Lipinski definition) is 3. The molecule has 0 fully saturated rings. The van der Waals surface area contributed by atoms with Crippen molar-refractivity contribution in [2.75, 3.05) is 18.0 Å².